The summed E-state index contributed by atoms with van der Waals surface area (Å²) in [6.07, 6.45) is 1.48. The lowest BCUT2D eigenvalue weighted by molar-refractivity contribution is -0.122. The molecule has 0 spiro atoms. The van der Waals surface area contributed by atoms with Gasteiger partial charge in [-0.2, -0.15) is 0 Å². The van der Waals surface area contributed by atoms with Gasteiger partial charge in [0, 0.05) is 25.4 Å². The second-order valence-electron chi connectivity index (χ2n) is 6.03. The molecule has 0 radical (unpaired) electrons. The van der Waals surface area contributed by atoms with Gasteiger partial charge in [0.15, 0.2) is 16.7 Å². The van der Waals surface area contributed by atoms with Gasteiger partial charge >= 0.3 is 0 Å². The second-order valence-corrected chi connectivity index (χ2v) is 6.97. The summed E-state index contributed by atoms with van der Waals surface area (Å²) in [5.41, 5.74) is 1.05. The van der Waals surface area contributed by atoms with Crippen LogP contribution in [-0.4, -0.2) is 66.7 Å². The molecule has 0 aliphatic rings. The molecule has 3 N–H and O–H groups in total. The molecule has 1 heterocycles. The van der Waals surface area contributed by atoms with Crippen LogP contribution in [0.4, 0.5) is 5.69 Å². The maximum absolute atomic E-state index is 12.3. The maximum Gasteiger partial charge on any atom is 0.240 e. The van der Waals surface area contributed by atoms with Crippen LogP contribution in [0.5, 0.6) is 11.5 Å². The van der Waals surface area contributed by atoms with Crippen LogP contribution in [0.15, 0.2) is 29.6 Å². The first-order chi connectivity index (χ1) is 14.5. The van der Waals surface area contributed by atoms with E-state index in [1.165, 1.54) is 32.2 Å². The number of aliphatic hydroxyl groups is 1. The first-order valence-electron chi connectivity index (χ1n) is 9.08. The molecule has 11 heteroatoms. The molecular formula is C19H26N4O6S. The number of aromatic nitrogens is 2. The van der Waals surface area contributed by atoms with Gasteiger partial charge in [-0.05, 0) is 12.1 Å². The molecule has 2 rings (SSSR count). The van der Waals surface area contributed by atoms with Crippen molar-refractivity contribution in [2.45, 2.75) is 18.3 Å². The first-order valence-corrected chi connectivity index (χ1v) is 10.1. The number of methoxy groups -OCH3 is 3. The van der Waals surface area contributed by atoms with Gasteiger partial charge in [0.25, 0.3) is 0 Å². The minimum absolute atomic E-state index is 0.0146. The Bertz CT molecular complexity index is 858. The van der Waals surface area contributed by atoms with Crippen molar-refractivity contribution >= 4 is 29.3 Å². The topological polar surface area (TPSA) is 124 Å². The van der Waals surface area contributed by atoms with Crippen molar-refractivity contribution in [1.82, 2.24) is 14.9 Å². The van der Waals surface area contributed by atoms with Gasteiger partial charge in [0.1, 0.15) is 6.54 Å². The maximum atomic E-state index is 12.3. The number of rotatable bonds is 12. The summed E-state index contributed by atoms with van der Waals surface area (Å²) >= 11 is 1.17. The van der Waals surface area contributed by atoms with E-state index < -0.39 is 0 Å². The molecule has 1 aromatic carbocycles. The third kappa shape index (κ3) is 6.65. The number of ether oxygens (including phenoxy) is 3. The number of thioether (sulfide) groups is 1. The van der Waals surface area contributed by atoms with E-state index in [4.69, 9.17) is 14.2 Å². The number of hydrogen-bond acceptors (Lipinski definition) is 8. The number of hydrogen-bond donors (Lipinski definition) is 3. The van der Waals surface area contributed by atoms with Crippen molar-refractivity contribution in [3.8, 4) is 11.5 Å². The number of carbonyl (C=O) groups excluding carboxylic acids is 2. The van der Waals surface area contributed by atoms with Crippen LogP contribution in [-0.2, 0) is 27.5 Å². The van der Waals surface area contributed by atoms with Crippen LogP contribution in [0.2, 0.25) is 0 Å². The van der Waals surface area contributed by atoms with E-state index in [9.17, 15) is 14.7 Å². The molecule has 0 atom stereocenters. The van der Waals surface area contributed by atoms with Gasteiger partial charge in [0.05, 0.1) is 45.1 Å². The number of amides is 2. The van der Waals surface area contributed by atoms with E-state index in [-0.39, 0.29) is 30.7 Å². The quantitative estimate of drug-likeness (QED) is 0.330. The molecule has 0 bridgehead atoms. The predicted octanol–water partition coefficient (Wildman–Crippen LogP) is 0.886. The lowest BCUT2D eigenvalue weighted by Crippen LogP contribution is -2.31. The first kappa shape index (κ1) is 23.5. The number of nitrogens with zero attached hydrogens (tertiary/aromatic N) is 2. The monoisotopic (exact) mass is 438 g/mol. The standard InChI is InChI=1S/C19H26N4O6S/c1-27-7-6-20-17(25)10-23-14(11-24)9-21-19(23)30-12-18(26)22-13-4-5-15(28-2)16(8-13)29-3/h4-5,8-9,24H,6-7,10-12H2,1-3H3,(H,20,25)(H,22,26). The summed E-state index contributed by atoms with van der Waals surface area (Å²) in [7, 11) is 4.60. The van der Waals surface area contributed by atoms with E-state index >= 15 is 0 Å². The largest absolute Gasteiger partial charge is 0.493 e. The fourth-order valence-corrected chi connectivity index (χ4v) is 3.33. The molecule has 1 aromatic heterocycles. The van der Waals surface area contributed by atoms with Gasteiger partial charge < -0.3 is 34.5 Å². The molecule has 2 amide bonds. The Balaban J connectivity index is 1.97. The fourth-order valence-electron chi connectivity index (χ4n) is 2.54. The van der Waals surface area contributed by atoms with Crippen molar-refractivity contribution in [3.05, 3.63) is 30.1 Å². The SMILES string of the molecule is COCCNC(=O)Cn1c(CO)cnc1SCC(=O)Nc1ccc(OC)c(OC)c1. The summed E-state index contributed by atoms with van der Waals surface area (Å²) in [6, 6.07) is 5.07. The molecule has 30 heavy (non-hydrogen) atoms. The zero-order chi connectivity index (χ0) is 21.9. The summed E-state index contributed by atoms with van der Waals surface area (Å²) in [6.45, 7) is 0.505. The fraction of sp³-hybridized carbons (Fsp3) is 0.421. The summed E-state index contributed by atoms with van der Waals surface area (Å²) < 4.78 is 16.9. The number of carbonyl (C=O) groups is 2. The second kappa shape index (κ2) is 12.1. The Hall–Kier alpha value is -2.76. The van der Waals surface area contributed by atoms with E-state index in [2.05, 4.69) is 15.6 Å². The third-order valence-corrected chi connectivity index (χ3v) is 4.98. The summed E-state index contributed by atoms with van der Waals surface area (Å²) in [5, 5.41) is 15.5. The molecule has 0 unspecified atom stereocenters. The lowest BCUT2D eigenvalue weighted by Gasteiger charge is -2.12. The molecule has 0 aliphatic carbocycles. The van der Waals surface area contributed by atoms with Gasteiger partial charge in [-0.3, -0.25) is 9.59 Å². The molecule has 0 aliphatic heterocycles. The Morgan fingerprint density at radius 1 is 1.17 bits per heavy atom. The Kier molecular flexibility index (Phi) is 9.45. The van der Waals surface area contributed by atoms with Crippen LogP contribution < -0.4 is 20.1 Å². The van der Waals surface area contributed by atoms with Crippen LogP contribution in [0.1, 0.15) is 5.69 Å². The van der Waals surface area contributed by atoms with Gasteiger partial charge in [-0.1, -0.05) is 11.8 Å². The Morgan fingerprint density at radius 2 is 1.93 bits per heavy atom. The van der Waals surface area contributed by atoms with Crippen molar-refractivity contribution in [3.63, 3.8) is 0 Å². The highest BCUT2D eigenvalue weighted by Crippen LogP contribution is 2.30. The zero-order valence-electron chi connectivity index (χ0n) is 17.1. The molecule has 0 saturated heterocycles. The van der Waals surface area contributed by atoms with Crippen LogP contribution >= 0.6 is 11.8 Å². The molecule has 0 saturated carbocycles. The molecular weight excluding hydrogens is 412 g/mol. The third-order valence-electron chi connectivity index (χ3n) is 3.99. The van der Waals surface area contributed by atoms with Crippen molar-refractivity contribution < 1.29 is 28.9 Å². The highest BCUT2D eigenvalue weighted by Gasteiger charge is 2.15. The predicted molar refractivity (Wildman–Crippen MR) is 112 cm³/mol. The lowest BCUT2D eigenvalue weighted by atomic mass is 10.2. The van der Waals surface area contributed by atoms with Crippen molar-refractivity contribution in [2.75, 3.05) is 45.6 Å². The average Bonchev–Trinajstić information content (AvgIpc) is 3.13. The van der Waals surface area contributed by atoms with Crippen LogP contribution in [0.25, 0.3) is 0 Å². The summed E-state index contributed by atoms with van der Waals surface area (Å²) in [4.78, 5) is 28.6. The highest BCUT2D eigenvalue weighted by molar-refractivity contribution is 7.99. The van der Waals surface area contributed by atoms with Crippen LogP contribution in [0.3, 0.4) is 0 Å². The van der Waals surface area contributed by atoms with Gasteiger partial charge in [-0.25, -0.2) is 4.98 Å². The minimum Gasteiger partial charge on any atom is -0.493 e. The highest BCUT2D eigenvalue weighted by atomic mass is 32.2. The normalized spacial score (nSPS) is 10.5. The summed E-state index contributed by atoms with van der Waals surface area (Å²) in [5.74, 6) is 0.646. The Labute approximate surface area is 178 Å². The molecule has 164 valence electrons. The molecule has 10 nitrogen and oxygen atoms in total. The smallest absolute Gasteiger partial charge is 0.240 e. The number of imidazole rings is 1. The molecule has 0 fully saturated rings. The van der Waals surface area contributed by atoms with E-state index in [0.717, 1.165) is 0 Å². The Morgan fingerprint density at radius 3 is 2.60 bits per heavy atom. The van der Waals surface area contributed by atoms with E-state index in [1.54, 1.807) is 29.9 Å². The minimum atomic E-state index is -0.267. The van der Waals surface area contributed by atoms with E-state index in [1.807, 2.05) is 0 Å². The zero-order valence-corrected chi connectivity index (χ0v) is 18.0. The number of benzene rings is 1. The number of aliphatic hydroxyl groups excluding tert-OH is 1. The molecule has 2 aromatic rings. The number of nitrogens with one attached hydrogen (secondary N) is 2. The van der Waals surface area contributed by atoms with Gasteiger partial charge in [0.2, 0.25) is 11.8 Å². The van der Waals surface area contributed by atoms with Gasteiger partial charge in [-0.15, -0.1) is 0 Å². The van der Waals surface area contributed by atoms with E-state index in [0.29, 0.717) is 41.2 Å². The number of anilines is 1. The van der Waals surface area contributed by atoms with Crippen molar-refractivity contribution in [2.24, 2.45) is 0 Å². The van der Waals surface area contributed by atoms with Crippen molar-refractivity contribution in [1.29, 1.82) is 0 Å². The van der Waals surface area contributed by atoms with Crippen LogP contribution in [0, 0.1) is 0 Å². The average molecular weight is 439 g/mol.